The number of nitrogens with one attached hydrogen (secondary N) is 2. The molecule has 2 rings (SSSR count). The van der Waals surface area contributed by atoms with Gasteiger partial charge in [-0.3, -0.25) is 0 Å². The molecule has 1 aliphatic carbocycles. The molecule has 7 heteroatoms. The molecule has 2 unspecified atom stereocenters. The van der Waals surface area contributed by atoms with E-state index in [0.29, 0.717) is 5.71 Å². The Morgan fingerprint density at radius 2 is 2.20 bits per heavy atom. The fourth-order valence-electron chi connectivity index (χ4n) is 3.69. The lowest BCUT2D eigenvalue weighted by molar-refractivity contribution is 0.256. The smallest absolute Gasteiger partial charge is 0.131 e. The van der Waals surface area contributed by atoms with E-state index >= 15 is 0 Å². The first-order chi connectivity index (χ1) is 14.4. The number of allylic oxidation sites excluding steroid dienone is 3. The minimum Gasteiger partial charge on any atom is -0.402 e. The van der Waals surface area contributed by atoms with Gasteiger partial charge < -0.3 is 11.1 Å². The standard InChI is InChI=1S/C23H35ClN4OS/c1-3-5-14-28(4-2)27-30(29)15-13-22(25)21-12-7-6-10-19(23(21)26)16-18-9-8-11-20(24)17-18/h8-9,11,13,15,17,19,25,27H,3-7,10,12,14,16,26H2,1-2H3/b15-13+,25-22?. The summed E-state index contributed by atoms with van der Waals surface area (Å²) in [7, 11) is -1.36. The van der Waals surface area contributed by atoms with E-state index in [2.05, 4.69) is 17.8 Å². The lowest BCUT2D eigenvalue weighted by Gasteiger charge is -2.19. The van der Waals surface area contributed by atoms with Crippen LogP contribution in [0.5, 0.6) is 0 Å². The molecule has 4 N–H and O–H groups in total. The number of nitrogens with zero attached hydrogens (tertiary/aromatic N) is 1. The van der Waals surface area contributed by atoms with Crippen LogP contribution in [-0.4, -0.2) is 28.0 Å². The van der Waals surface area contributed by atoms with E-state index < -0.39 is 11.0 Å². The molecule has 5 nitrogen and oxygen atoms in total. The maximum absolute atomic E-state index is 12.4. The average Bonchev–Trinajstić information content (AvgIpc) is 2.91. The van der Waals surface area contributed by atoms with Gasteiger partial charge in [-0.1, -0.05) is 50.4 Å². The summed E-state index contributed by atoms with van der Waals surface area (Å²) in [5.41, 5.74) is 9.74. The number of rotatable bonds is 11. The number of hydrogen-bond acceptors (Lipinski definition) is 4. The van der Waals surface area contributed by atoms with Crippen molar-refractivity contribution < 1.29 is 4.21 Å². The van der Waals surface area contributed by atoms with E-state index in [0.717, 1.165) is 79.9 Å². The first-order valence-electron chi connectivity index (χ1n) is 10.9. The van der Waals surface area contributed by atoms with Crippen LogP contribution in [0.15, 0.2) is 47.0 Å². The lowest BCUT2D eigenvalue weighted by atomic mass is 9.90. The average molecular weight is 451 g/mol. The molecule has 30 heavy (non-hydrogen) atoms. The van der Waals surface area contributed by atoms with Crippen LogP contribution in [0.1, 0.15) is 57.9 Å². The first-order valence-corrected chi connectivity index (χ1v) is 12.5. The van der Waals surface area contributed by atoms with Crippen LogP contribution in [-0.2, 0) is 17.4 Å². The Labute approximate surface area is 188 Å². The zero-order valence-electron chi connectivity index (χ0n) is 18.1. The van der Waals surface area contributed by atoms with Gasteiger partial charge in [-0.15, -0.1) is 0 Å². The predicted octanol–water partition coefficient (Wildman–Crippen LogP) is 5.11. The van der Waals surface area contributed by atoms with Gasteiger partial charge in [0.05, 0.1) is 5.71 Å². The van der Waals surface area contributed by atoms with Crippen LogP contribution < -0.4 is 10.6 Å². The normalized spacial score (nSPS) is 18.7. The molecular weight excluding hydrogens is 416 g/mol. The molecule has 1 aromatic carbocycles. The minimum atomic E-state index is -1.36. The molecule has 1 aromatic rings. The van der Waals surface area contributed by atoms with Crippen LogP contribution >= 0.6 is 11.6 Å². The highest BCUT2D eigenvalue weighted by atomic mass is 35.5. The zero-order chi connectivity index (χ0) is 21.9. The molecule has 0 heterocycles. The topological polar surface area (TPSA) is 82.2 Å². The van der Waals surface area contributed by atoms with Crippen molar-refractivity contribution in [2.24, 2.45) is 11.7 Å². The van der Waals surface area contributed by atoms with Crippen LogP contribution in [0.2, 0.25) is 5.02 Å². The van der Waals surface area contributed by atoms with Crippen molar-refractivity contribution in [1.29, 1.82) is 5.41 Å². The third kappa shape index (κ3) is 7.99. The molecule has 0 saturated carbocycles. The zero-order valence-corrected chi connectivity index (χ0v) is 19.7. The van der Waals surface area contributed by atoms with Crippen LogP contribution in [0, 0.1) is 11.3 Å². The predicted molar refractivity (Wildman–Crippen MR) is 129 cm³/mol. The molecule has 0 fully saturated rings. The lowest BCUT2D eigenvalue weighted by Crippen LogP contribution is -2.39. The summed E-state index contributed by atoms with van der Waals surface area (Å²) in [5, 5.41) is 12.8. The van der Waals surface area contributed by atoms with Crippen molar-refractivity contribution in [3.63, 3.8) is 0 Å². The van der Waals surface area contributed by atoms with Gasteiger partial charge in [0, 0.05) is 35.1 Å². The monoisotopic (exact) mass is 450 g/mol. The molecule has 0 amide bonds. The van der Waals surface area contributed by atoms with Crippen LogP contribution in [0.25, 0.3) is 0 Å². The fourth-order valence-corrected chi connectivity index (χ4v) is 4.70. The van der Waals surface area contributed by atoms with E-state index in [1.54, 1.807) is 11.5 Å². The SMILES string of the molecule is CCCCN(CC)NS(=O)/C=C/C(=N)C1=C(N)C(Cc2cccc(Cl)c2)CCCC1. The van der Waals surface area contributed by atoms with Gasteiger partial charge in [0.25, 0.3) is 0 Å². The van der Waals surface area contributed by atoms with Gasteiger partial charge in [-0.25, -0.2) is 9.22 Å². The summed E-state index contributed by atoms with van der Waals surface area (Å²) in [6.45, 7) is 5.80. The minimum absolute atomic E-state index is 0.197. The number of benzene rings is 1. The molecule has 1 aliphatic rings. The number of halogens is 1. The van der Waals surface area contributed by atoms with Crippen molar-refractivity contribution in [2.75, 3.05) is 13.1 Å². The Morgan fingerprint density at radius 1 is 1.40 bits per heavy atom. The van der Waals surface area contributed by atoms with E-state index in [1.807, 2.05) is 30.1 Å². The number of hydrazine groups is 1. The summed E-state index contributed by atoms with van der Waals surface area (Å²) in [6.07, 6.45) is 8.49. The summed E-state index contributed by atoms with van der Waals surface area (Å²) < 4.78 is 12.4. The summed E-state index contributed by atoms with van der Waals surface area (Å²) in [5.74, 6) is 0.197. The Balaban J connectivity index is 2.06. The molecule has 0 aromatic heterocycles. The van der Waals surface area contributed by atoms with Crippen molar-refractivity contribution in [1.82, 2.24) is 9.84 Å². The maximum Gasteiger partial charge on any atom is 0.131 e. The van der Waals surface area contributed by atoms with Gasteiger partial charge in [0.15, 0.2) is 0 Å². The van der Waals surface area contributed by atoms with Gasteiger partial charge in [0.2, 0.25) is 0 Å². The molecule has 0 radical (unpaired) electrons. The highest BCUT2D eigenvalue weighted by Crippen LogP contribution is 2.30. The first kappa shape index (κ1) is 24.8. The van der Waals surface area contributed by atoms with Crippen molar-refractivity contribution in [3.05, 3.63) is 57.6 Å². The Bertz CT molecular complexity index is 793. The highest BCUT2D eigenvalue weighted by molar-refractivity contribution is 7.86. The second-order valence-electron chi connectivity index (χ2n) is 7.75. The highest BCUT2D eigenvalue weighted by Gasteiger charge is 2.21. The molecular formula is C23H35ClN4OS. The van der Waals surface area contributed by atoms with Gasteiger partial charge in [0.1, 0.15) is 11.0 Å². The Kier molecular flexibility index (Phi) is 10.8. The largest absolute Gasteiger partial charge is 0.402 e. The summed E-state index contributed by atoms with van der Waals surface area (Å²) in [6, 6.07) is 7.89. The number of unbranched alkanes of at least 4 members (excludes halogenated alkanes) is 1. The molecule has 0 aliphatic heterocycles. The molecule has 0 bridgehead atoms. The third-order valence-electron chi connectivity index (χ3n) is 5.45. The van der Waals surface area contributed by atoms with E-state index in [-0.39, 0.29) is 5.92 Å². The van der Waals surface area contributed by atoms with Gasteiger partial charge in [-0.2, -0.15) is 4.83 Å². The fraction of sp³-hybridized carbons (Fsp3) is 0.522. The van der Waals surface area contributed by atoms with E-state index in [4.69, 9.17) is 22.7 Å². The Morgan fingerprint density at radius 3 is 2.90 bits per heavy atom. The van der Waals surface area contributed by atoms with Crippen LogP contribution in [0.4, 0.5) is 0 Å². The van der Waals surface area contributed by atoms with E-state index in [9.17, 15) is 4.21 Å². The second-order valence-corrected chi connectivity index (χ2v) is 9.23. The second kappa shape index (κ2) is 13.1. The van der Waals surface area contributed by atoms with Crippen molar-refractivity contribution in [3.8, 4) is 0 Å². The van der Waals surface area contributed by atoms with Crippen molar-refractivity contribution in [2.45, 2.75) is 58.8 Å². The quantitative estimate of drug-likeness (QED) is 0.323. The van der Waals surface area contributed by atoms with E-state index in [1.165, 1.54) is 0 Å². The molecule has 166 valence electrons. The maximum atomic E-state index is 12.4. The summed E-state index contributed by atoms with van der Waals surface area (Å²) in [4.78, 5) is 2.99. The number of nitrogens with two attached hydrogens (primary N) is 1. The molecule has 0 spiro atoms. The Hall–Kier alpha value is -1.47. The number of hydrogen-bond donors (Lipinski definition) is 3. The molecule has 0 saturated heterocycles. The van der Waals surface area contributed by atoms with Gasteiger partial charge in [-0.05, 0) is 61.4 Å². The van der Waals surface area contributed by atoms with Crippen molar-refractivity contribution >= 4 is 28.3 Å². The van der Waals surface area contributed by atoms with Gasteiger partial charge >= 0.3 is 0 Å². The summed E-state index contributed by atoms with van der Waals surface area (Å²) >= 11 is 6.13. The van der Waals surface area contributed by atoms with Crippen LogP contribution in [0.3, 0.4) is 0 Å². The third-order valence-corrected chi connectivity index (χ3v) is 6.51. The molecule has 2 atom stereocenters.